The van der Waals surface area contributed by atoms with Crippen LogP contribution in [0.5, 0.6) is 0 Å². The van der Waals surface area contributed by atoms with Crippen LogP contribution in [-0.4, -0.2) is 23.0 Å². The highest BCUT2D eigenvalue weighted by Gasteiger charge is 2.40. The number of rotatable bonds is 8. The van der Waals surface area contributed by atoms with Crippen LogP contribution in [0.3, 0.4) is 0 Å². The Kier molecular flexibility index (Phi) is 8.23. The van der Waals surface area contributed by atoms with Gasteiger partial charge < -0.3 is 14.7 Å². The standard InChI is InChI=1S/C32H47NO2/c1-19(2)14-27-18-31(28-17-21(4)15-22(5)23(28)6)33(30-13-12-20(3)16-29(27)30)32(10,11)35-26(9)24(7)25(8)34/h12-13,15-19,24-26,31,34H,14H2,1-11H3. The summed E-state index contributed by atoms with van der Waals surface area (Å²) in [6.45, 7) is 23.7. The van der Waals surface area contributed by atoms with Crippen molar-refractivity contribution in [3.8, 4) is 0 Å². The van der Waals surface area contributed by atoms with Gasteiger partial charge in [-0.05, 0) is 102 Å². The fourth-order valence-electron chi connectivity index (χ4n) is 5.48. The molecule has 192 valence electrons. The monoisotopic (exact) mass is 477 g/mol. The van der Waals surface area contributed by atoms with Crippen LogP contribution >= 0.6 is 0 Å². The predicted molar refractivity (Wildman–Crippen MR) is 150 cm³/mol. The minimum Gasteiger partial charge on any atom is -0.393 e. The summed E-state index contributed by atoms with van der Waals surface area (Å²) >= 11 is 0. The van der Waals surface area contributed by atoms with Crippen molar-refractivity contribution in [2.75, 3.05) is 4.90 Å². The number of aryl methyl sites for hydroxylation is 3. The maximum atomic E-state index is 10.2. The molecule has 3 nitrogen and oxygen atoms in total. The van der Waals surface area contributed by atoms with Gasteiger partial charge >= 0.3 is 0 Å². The first-order valence-electron chi connectivity index (χ1n) is 13.3. The molecule has 2 aromatic carbocycles. The number of nitrogens with zero attached hydrogens (tertiary/aromatic N) is 1. The average Bonchev–Trinajstić information content (AvgIpc) is 2.74. The molecule has 0 spiro atoms. The van der Waals surface area contributed by atoms with Crippen LogP contribution in [0.4, 0.5) is 5.69 Å². The Labute approximate surface area is 214 Å². The van der Waals surface area contributed by atoms with E-state index in [4.69, 9.17) is 4.74 Å². The minimum atomic E-state index is -0.596. The molecule has 4 unspecified atom stereocenters. The molecular formula is C32H47NO2. The van der Waals surface area contributed by atoms with Crippen LogP contribution in [-0.2, 0) is 4.74 Å². The summed E-state index contributed by atoms with van der Waals surface area (Å²) in [5.74, 6) is 0.600. The first-order valence-corrected chi connectivity index (χ1v) is 13.3. The topological polar surface area (TPSA) is 32.7 Å². The molecule has 0 fully saturated rings. The normalized spacial score (nSPS) is 18.8. The quantitative estimate of drug-likeness (QED) is 0.417. The van der Waals surface area contributed by atoms with Crippen LogP contribution in [0.25, 0.3) is 5.57 Å². The van der Waals surface area contributed by atoms with Crippen LogP contribution < -0.4 is 4.90 Å². The molecule has 35 heavy (non-hydrogen) atoms. The second-order valence-corrected chi connectivity index (χ2v) is 11.8. The molecule has 0 radical (unpaired) electrons. The summed E-state index contributed by atoms with van der Waals surface area (Å²) in [6, 6.07) is 11.5. The number of aliphatic hydroxyl groups excluding tert-OH is 1. The fraction of sp³-hybridized carbons (Fsp3) is 0.562. The lowest BCUT2D eigenvalue weighted by Crippen LogP contribution is -2.52. The largest absolute Gasteiger partial charge is 0.393 e. The number of anilines is 1. The van der Waals surface area contributed by atoms with E-state index in [-0.39, 0.29) is 18.1 Å². The summed E-state index contributed by atoms with van der Waals surface area (Å²) in [5.41, 5.74) is 9.90. The van der Waals surface area contributed by atoms with Crippen molar-refractivity contribution >= 4 is 11.3 Å². The molecule has 3 heteroatoms. The van der Waals surface area contributed by atoms with Gasteiger partial charge in [0.25, 0.3) is 0 Å². The SMILES string of the molecule is Cc1ccc2c(c1)C(CC(C)C)=CC(c1cc(C)cc(C)c1C)N2C(C)(C)OC(C)C(C)C(C)O. The van der Waals surface area contributed by atoms with Crippen molar-refractivity contribution in [3.05, 3.63) is 69.8 Å². The summed E-state index contributed by atoms with van der Waals surface area (Å²) < 4.78 is 6.79. The Hall–Kier alpha value is -2.10. The third-order valence-electron chi connectivity index (χ3n) is 7.75. The van der Waals surface area contributed by atoms with Crippen molar-refractivity contribution in [1.29, 1.82) is 0 Å². The molecule has 1 aliphatic heterocycles. The molecule has 1 heterocycles. The Morgan fingerprint density at radius 2 is 1.60 bits per heavy atom. The highest BCUT2D eigenvalue weighted by atomic mass is 16.5. The van der Waals surface area contributed by atoms with E-state index in [1.54, 1.807) is 0 Å². The highest BCUT2D eigenvalue weighted by Crippen LogP contribution is 2.48. The van der Waals surface area contributed by atoms with Crippen molar-refractivity contribution in [1.82, 2.24) is 0 Å². The second kappa shape index (κ2) is 10.5. The van der Waals surface area contributed by atoms with Gasteiger partial charge in [-0.2, -0.15) is 0 Å². The zero-order valence-corrected chi connectivity index (χ0v) is 23.9. The van der Waals surface area contributed by atoms with Gasteiger partial charge in [-0.25, -0.2) is 0 Å². The van der Waals surface area contributed by atoms with E-state index in [0.29, 0.717) is 5.92 Å². The number of benzene rings is 2. The van der Waals surface area contributed by atoms with E-state index in [2.05, 4.69) is 111 Å². The molecule has 2 aromatic rings. The van der Waals surface area contributed by atoms with Gasteiger partial charge in [0.05, 0.1) is 18.2 Å². The second-order valence-electron chi connectivity index (χ2n) is 11.8. The van der Waals surface area contributed by atoms with Gasteiger partial charge in [0.15, 0.2) is 0 Å². The Morgan fingerprint density at radius 1 is 0.943 bits per heavy atom. The van der Waals surface area contributed by atoms with E-state index in [1.165, 1.54) is 44.6 Å². The number of hydrogen-bond acceptors (Lipinski definition) is 3. The van der Waals surface area contributed by atoms with E-state index in [9.17, 15) is 5.11 Å². The summed E-state index contributed by atoms with van der Waals surface area (Å²) in [6.07, 6.45) is 3.01. The summed E-state index contributed by atoms with van der Waals surface area (Å²) in [5, 5.41) is 10.2. The Bertz CT molecular complexity index is 1080. The van der Waals surface area contributed by atoms with Gasteiger partial charge in [-0.3, -0.25) is 0 Å². The van der Waals surface area contributed by atoms with Crippen LogP contribution in [0.15, 0.2) is 36.4 Å². The predicted octanol–water partition coefficient (Wildman–Crippen LogP) is 8.07. The average molecular weight is 478 g/mol. The maximum Gasteiger partial charge on any atom is 0.136 e. The van der Waals surface area contributed by atoms with Crippen LogP contribution in [0, 0.1) is 39.5 Å². The minimum absolute atomic E-state index is 0.0324. The molecule has 4 atom stereocenters. The molecule has 1 N–H and O–H groups in total. The van der Waals surface area contributed by atoms with Crippen molar-refractivity contribution in [2.24, 2.45) is 11.8 Å². The van der Waals surface area contributed by atoms with Crippen molar-refractivity contribution in [2.45, 2.75) is 107 Å². The van der Waals surface area contributed by atoms with Gasteiger partial charge in [-0.15, -0.1) is 0 Å². The first kappa shape index (κ1) is 27.5. The number of aliphatic hydroxyl groups is 1. The summed E-state index contributed by atoms with van der Waals surface area (Å²) in [4.78, 5) is 2.47. The lowest BCUT2D eigenvalue weighted by atomic mass is 9.83. The lowest BCUT2D eigenvalue weighted by Gasteiger charge is -2.49. The molecule has 0 saturated carbocycles. The Balaban J connectivity index is 2.24. The molecule has 1 aliphatic rings. The van der Waals surface area contributed by atoms with Gasteiger partial charge in [0, 0.05) is 17.2 Å². The molecule has 0 aromatic heterocycles. The number of fused-ring (bicyclic) bond motifs is 1. The highest BCUT2D eigenvalue weighted by molar-refractivity contribution is 5.82. The summed E-state index contributed by atoms with van der Waals surface area (Å²) in [7, 11) is 0. The molecule has 0 aliphatic carbocycles. The van der Waals surface area contributed by atoms with Gasteiger partial charge in [0.1, 0.15) is 5.72 Å². The Morgan fingerprint density at radius 3 is 2.20 bits per heavy atom. The van der Waals surface area contributed by atoms with Crippen LogP contribution in [0.1, 0.15) is 94.3 Å². The first-order chi connectivity index (χ1) is 16.2. The van der Waals surface area contributed by atoms with Crippen molar-refractivity contribution < 1.29 is 9.84 Å². The van der Waals surface area contributed by atoms with E-state index >= 15 is 0 Å². The van der Waals surface area contributed by atoms with Crippen LogP contribution in [0.2, 0.25) is 0 Å². The number of hydrogen-bond donors (Lipinski definition) is 1. The lowest BCUT2D eigenvalue weighted by molar-refractivity contribution is -0.104. The zero-order valence-electron chi connectivity index (χ0n) is 23.9. The molecule has 0 amide bonds. The molecule has 0 saturated heterocycles. The maximum absolute atomic E-state index is 10.2. The van der Waals surface area contributed by atoms with E-state index in [0.717, 1.165) is 6.42 Å². The smallest absolute Gasteiger partial charge is 0.136 e. The third-order valence-corrected chi connectivity index (χ3v) is 7.75. The fourth-order valence-corrected chi connectivity index (χ4v) is 5.48. The molecular weight excluding hydrogens is 430 g/mol. The van der Waals surface area contributed by atoms with E-state index in [1.807, 2.05) is 6.92 Å². The third kappa shape index (κ3) is 5.84. The number of ether oxygens (including phenoxy) is 1. The molecule has 3 rings (SSSR count). The van der Waals surface area contributed by atoms with Gasteiger partial charge in [0.2, 0.25) is 0 Å². The molecule has 0 bridgehead atoms. The van der Waals surface area contributed by atoms with E-state index < -0.39 is 11.8 Å². The van der Waals surface area contributed by atoms with Crippen molar-refractivity contribution in [3.63, 3.8) is 0 Å². The zero-order chi connectivity index (χ0) is 26.2. The number of allylic oxidation sites excluding steroid dienone is 1. The van der Waals surface area contributed by atoms with Gasteiger partial charge in [-0.1, -0.05) is 56.2 Å².